The zero-order chi connectivity index (χ0) is 21.5. The van der Waals surface area contributed by atoms with Gasteiger partial charge in [-0.15, -0.1) is 0 Å². The van der Waals surface area contributed by atoms with Gasteiger partial charge in [0.25, 0.3) is 5.91 Å². The summed E-state index contributed by atoms with van der Waals surface area (Å²) in [4.78, 5) is 17.2. The maximum atomic E-state index is 13.0. The van der Waals surface area contributed by atoms with E-state index >= 15 is 0 Å². The molecule has 1 fully saturated rings. The number of anilines is 1. The predicted molar refractivity (Wildman–Crippen MR) is 123 cm³/mol. The van der Waals surface area contributed by atoms with Crippen molar-refractivity contribution in [3.05, 3.63) is 52.5 Å². The van der Waals surface area contributed by atoms with Crippen LogP contribution >= 0.6 is 27.3 Å². The van der Waals surface area contributed by atoms with Gasteiger partial charge in [0.2, 0.25) is 10.0 Å². The van der Waals surface area contributed by atoms with Crippen LogP contribution in [0.2, 0.25) is 0 Å². The summed E-state index contributed by atoms with van der Waals surface area (Å²) in [5.41, 5.74) is 1.19. The van der Waals surface area contributed by atoms with E-state index in [2.05, 4.69) is 40.1 Å². The summed E-state index contributed by atoms with van der Waals surface area (Å²) in [5, 5.41) is 3.29. The number of aromatic nitrogens is 1. The minimum absolute atomic E-state index is 0.213. The Kier molecular flexibility index (Phi) is 5.98. The molecule has 2 atom stereocenters. The van der Waals surface area contributed by atoms with Crippen LogP contribution in [0.4, 0.5) is 5.13 Å². The third kappa shape index (κ3) is 4.44. The van der Waals surface area contributed by atoms with Crippen LogP contribution in [-0.4, -0.2) is 36.7 Å². The minimum atomic E-state index is -3.56. The summed E-state index contributed by atoms with van der Waals surface area (Å²) in [6.07, 6.45) is 1.04. The fraction of sp³-hybridized carbons (Fsp3) is 0.333. The van der Waals surface area contributed by atoms with Gasteiger partial charge in [-0.2, -0.15) is 4.31 Å². The molecule has 3 aromatic rings. The van der Waals surface area contributed by atoms with Gasteiger partial charge >= 0.3 is 0 Å². The molecule has 2 heterocycles. The van der Waals surface area contributed by atoms with E-state index in [-0.39, 0.29) is 10.8 Å². The Morgan fingerprint density at radius 2 is 1.80 bits per heavy atom. The standard InChI is InChI=1S/C21H22BrN3O3S2/c1-13-9-14(2)12-25(11-13)30(27,28)17-6-3-15(4-7-17)20(26)24-21-23-18-8-5-16(22)10-19(18)29-21/h3-8,10,13-14H,9,11-12H2,1-2H3,(H,23,24,26)/t13-,14-/m0/s1. The first-order valence-corrected chi connectivity index (χ1v) is 12.7. The van der Waals surface area contributed by atoms with Crippen molar-refractivity contribution >= 4 is 58.5 Å². The van der Waals surface area contributed by atoms with Crippen molar-refractivity contribution in [1.29, 1.82) is 0 Å². The molecule has 1 aliphatic heterocycles. The highest BCUT2D eigenvalue weighted by atomic mass is 79.9. The number of nitrogens with one attached hydrogen (secondary N) is 1. The number of halogens is 1. The second-order valence-corrected chi connectivity index (χ2v) is 11.8. The van der Waals surface area contributed by atoms with Crippen molar-refractivity contribution in [1.82, 2.24) is 9.29 Å². The highest BCUT2D eigenvalue weighted by molar-refractivity contribution is 9.10. The molecule has 30 heavy (non-hydrogen) atoms. The number of fused-ring (bicyclic) bond motifs is 1. The molecule has 6 nitrogen and oxygen atoms in total. The van der Waals surface area contributed by atoms with Crippen molar-refractivity contribution in [2.24, 2.45) is 11.8 Å². The summed E-state index contributed by atoms with van der Waals surface area (Å²) < 4.78 is 29.5. The van der Waals surface area contributed by atoms with E-state index in [4.69, 9.17) is 0 Å². The summed E-state index contributed by atoms with van der Waals surface area (Å²) >= 11 is 4.81. The van der Waals surface area contributed by atoms with Crippen LogP contribution < -0.4 is 5.32 Å². The number of sulfonamides is 1. The number of amides is 1. The van der Waals surface area contributed by atoms with Gasteiger partial charge in [-0.05, 0) is 60.7 Å². The van der Waals surface area contributed by atoms with Gasteiger partial charge in [-0.25, -0.2) is 13.4 Å². The zero-order valence-corrected chi connectivity index (χ0v) is 19.9. The van der Waals surface area contributed by atoms with E-state index < -0.39 is 10.0 Å². The Hall–Kier alpha value is -1.81. The molecule has 1 aliphatic rings. The lowest BCUT2D eigenvalue weighted by atomic mass is 9.94. The minimum Gasteiger partial charge on any atom is -0.298 e. The lowest BCUT2D eigenvalue weighted by molar-refractivity contribution is 0.102. The van der Waals surface area contributed by atoms with Crippen molar-refractivity contribution < 1.29 is 13.2 Å². The molecule has 0 spiro atoms. The Bertz CT molecular complexity index is 1180. The number of rotatable bonds is 4. The molecule has 1 aromatic heterocycles. The SMILES string of the molecule is C[C@H]1C[C@H](C)CN(S(=O)(=O)c2ccc(C(=O)Nc3nc4ccc(Br)cc4s3)cc2)C1. The third-order valence-electron chi connectivity index (χ3n) is 5.16. The largest absolute Gasteiger partial charge is 0.298 e. The molecule has 2 aromatic carbocycles. The lowest BCUT2D eigenvalue weighted by Gasteiger charge is -2.34. The van der Waals surface area contributed by atoms with Gasteiger partial charge in [0.05, 0.1) is 15.1 Å². The molecule has 0 radical (unpaired) electrons. The molecule has 1 N–H and O–H groups in total. The number of carbonyl (C=O) groups is 1. The maximum absolute atomic E-state index is 13.0. The molecule has 0 saturated carbocycles. The number of hydrogen-bond acceptors (Lipinski definition) is 5. The summed E-state index contributed by atoms with van der Waals surface area (Å²) in [6, 6.07) is 11.8. The molecular weight excluding hydrogens is 486 g/mol. The average Bonchev–Trinajstić information content (AvgIpc) is 3.08. The van der Waals surface area contributed by atoms with Gasteiger partial charge < -0.3 is 0 Å². The molecule has 0 unspecified atom stereocenters. The Labute approximate surface area is 188 Å². The Balaban J connectivity index is 1.50. The molecule has 1 amide bonds. The predicted octanol–water partition coefficient (Wildman–Crippen LogP) is 4.98. The van der Waals surface area contributed by atoms with Gasteiger partial charge in [0.15, 0.2) is 5.13 Å². The molecule has 9 heteroatoms. The lowest BCUT2D eigenvalue weighted by Crippen LogP contribution is -2.42. The van der Waals surface area contributed by atoms with E-state index in [1.165, 1.54) is 23.5 Å². The van der Waals surface area contributed by atoms with Crippen LogP contribution in [-0.2, 0) is 10.0 Å². The molecule has 0 bridgehead atoms. The molecular formula is C21H22BrN3O3S2. The number of piperidine rings is 1. The molecule has 1 saturated heterocycles. The van der Waals surface area contributed by atoms with Crippen LogP contribution in [0.1, 0.15) is 30.6 Å². The van der Waals surface area contributed by atoms with E-state index in [0.29, 0.717) is 35.6 Å². The number of carbonyl (C=O) groups excluding carboxylic acids is 1. The van der Waals surface area contributed by atoms with E-state index in [0.717, 1.165) is 21.1 Å². The smallest absolute Gasteiger partial charge is 0.257 e. The number of hydrogen-bond donors (Lipinski definition) is 1. The van der Waals surface area contributed by atoms with Crippen molar-refractivity contribution in [3.8, 4) is 0 Å². The highest BCUT2D eigenvalue weighted by Crippen LogP contribution is 2.29. The molecule has 0 aliphatic carbocycles. The monoisotopic (exact) mass is 507 g/mol. The molecule has 158 valence electrons. The number of benzene rings is 2. The van der Waals surface area contributed by atoms with Gasteiger partial charge in [-0.3, -0.25) is 10.1 Å². The van der Waals surface area contributed by atoms with Crippen LogP contribution in [0.3, 0.4) is 0 Å². The number of thiazole rings is 1. The van der Waals surface area contributed by atoms with E-state index in [1.807, 2.05) is 18.2 Å². The van der Waals surface area contributed by atoms with E-state index in [9.17, 15) is 13.2 Å². The van der Waals surface area contributed by atoms with Crippen molar-refractivity contribution in [3.63, 3.8) is 0 Å². The summed E-state index contributed by atoms with van der Waals surface area (Å²) in [7, 11) is -3.56. The average molecular weight is 508 g/mol. The Morgan fingerprint density at radius 1 is 1.13 bits per heavy atom. The van der Waals surface area contributed by atoms with Gasteiger partial charge in [0, 0.05) is 23.1 Å². The van der Waals surface area contributed by atoms with Crippen molar-refractivity contribution in [2.75, 3.05) is 18.4 Å². The summed E-state index contributed by atoms with van der Waals surface area (Å²) in [6.45, 7) is 5.21. The first kappa shape index (κ1) is 21.4. The quantitative estimate of drug-likeness (QED) is 0.539. The first-order valence-electron chi connectivity index (χ1n) is 9.70. The number of nitrogens with zero attached hydrogens (tertiary/aromatic N) is 2. The Morgan fingerprint density at radius 3 is 2.47 bits per heavy atom. The highest BCUT2D eigenvalue weighted by Gasteiger charge is 2.31. The zero-order valence-electron chi connectivity index (χ0n) is 16.6. The normalized spacial score (nSPS) is 20.4. The summed E-state index contributed by atoms with van der Waals surface area (Å²) in [5.74, 6) is 0.350. The topological polar surface area (TPSA) is 79.4 Å². The van der Waals surface area contributed by atoms with E-state index in [1.54, 1.807) is 16.4 Å². The van der Waals surface area contributed by atoms with Crippen LogP contribution in [0, 0.1) is 11.8 Å². The van der Waals surface area contributed by atoms with Crippen LogP contribution in [0.25, 0.3) is 10.2 Å². The second kappa shape index (κ2) is 8.37. The van der Waals surface area contributed by atoms with Crippen LogP contribution in [0.15, 0.2) is 51.8 Å². The van der Waals surface area contributed by atoms with Crippen molar-refractivity contribution in [2.45, 2.75) is 25.2 Å². The third-order valence-corrected chi connectivity index (χ3v) is 8.43. The molecule has 4 rings (SSSR count). The fourth-order valence-electron chi connectivity index (χ4n) is 3.85. The van der Waals surface area contributed by atoms with Crippen LogP contribution in [0.5, 0.6) is 0 Å². The fourth-order valence-corrected chi connectivity index (χ4v) is 6.94. The van der Waals surface area contributed by atoms with Gasteiger partial charge in [0.1, 0.15) is 0 Å². The maximum Gasteiger partial charge on any atom is 0.257 e. The second-order valence-electron chi connectivity index (χ2n) is 7.88. The van der Waals surface area contributed by atoms with Gasteiger partial charge in [-0.1, -0.05) is 41.1 Å². The first-order chi connectivity index (χ1) is 14.2.